The summed E-state index contributed by atoms with van der Waals surface area (Å²) in [6.07, 6.45) is 0.154. The number of carbonyl (C=O) groups is 2. The number of amides is 2. The van der Waals surface area contributed by atoms with E-state index in [2.05, 4.69) is 5.32 Å². The first kappa shape index (κ1) is 18.6. The summed E-state index contributed by atoms with van der Waals surface area (Å²) in [7, 11) is 0. The summed E-state index contributed by atoms with van der Waals surface area (Å²) < 4.78 is 13.5. The SMILES string of the molecule is CC(=O)N(CCC(=O)NCc1ccccc1F)c1ccc(C)c(C)c1. The highest BCUT2D eigenvalue weighted by molar-refractivity contribution is 5.92. The fraction of sp³-hybridized carbons (Fsp3) is 0.300. The molecule has 0 radical (unpaired) electrons. The first-order valence-electron chi connectivity index (χ1n) is 8.24. The Morgan fingerprint density at radius 1 is 1.08 bits per heavy atom. The van der Waals surface area contributed by atoms with Crippen molar-refractivity contribution in [3.63, 3.8) is 0 Å². The number of hydrogen-bond acceptors (Lipinski definition) is 2. The van der Waals surface area contributed by atoms with E-state index in [-0.39, 0.29) is 37.1 Å². The fourth-order valence-electron chi connectivity index (χ4n) is 2.50. The predicted octanol–water partition coefficient (Wildman–Crippen LogP) is 3.50. The van der Waals surface area contributed by atoms with Gasteiger partial charge in [-0.15, -0.1) is 0 Å². The van der Waals surface area contributed by atoms with Gasteiger partial charge >= 0.3 is 0 Å². The summed E-state index contributed by atoms with van der Waals surface area (Å²) in [4.78, 5) is 25.5. The zero-order valence-electron chi connectivity index (χ0n) is 14.8. The monoisotopic (exact) mass is 342 g/mol. The van der Waals surface area contributed by atoms with Gasteiger partial charge in [0.1, 0.15) is 5.82 Å². The number of carbonyl (C=O) groups excluding carboxylic acids is 2. The summed E-state index contributed by atoms with van der Waals surface area (Å²) >= 11 is 0. The van der Waals surface area contributed by atoms with Gasteiger partial charge in [0.2, 0.25) is 11.8 Å². The van der Waals surface area contributed by atoms with Gasteiger partial charge in [0.05, 0.1) is 0 Å². The zero-order valence-corrected chi connectivity index (χ0v) is 14.8. The minimum absolute atomic E-state index is 0.120. The van der Waals surface area contributed by atoms with Gasteiger partial charge in [-0.3, -0.25) is 9.59 Å². The topological polar surface area (TPSA) is 49.4 Å². The molecule has 0 aliphatic rings. The van der Waals surface area contributed by atoms with Gasteiger partial charge in [-0.05, 0) is 43.2 Å². The molecular weight excluding hydrogens is 319 g/mol. The number of aryl methyl sites for hydroxylation is 2. The summed E-state index contributed by atoms with van der Waals surface area (Å²) in [5.74, 6) is -0.688. The van der Waals surface area contributed by atoms with Crippen molar-refractivity contribution in [2.45, 2.75) is 33.7 Å². The molecule has 132 valence electrons. The van der Waals surface area contributed by atoms with Gasteiger partial charge < -0.3 is 10.2 Å². The molecule has 1 N–H and O–H groups in total. The molecule has 0 aromatic heterocycles. The zero-order chi connectivity index (χ0) is 18.4. The first-order valence-corrected chi connectivity index (χ1v) is 8.24. The molecular formula is C20H23FN2O2. The maximum absolute atomic E-state index is 13.5. The molecule has 0 fully saturated rings. The minimum atomic E-state index is -0.344. The number of nitrogens with one attached hydrogen (secondary N) is 1. The highest BCUT2D eigenvalue weighted by Crippen LogP contribution is 2.19. The lowest BCUT2D eigenvalue weighted by Gasteiger charge is -2.22. The molecule has 0 saturated carbocycles. The Balaban J connectivity index is 1.94. The van der Waals surface area contributed by atoms with Crippen molar-refractivity contribution >= 4 is 17.5 Å². The molecule has 5 heteroatoms. The Morgan fingerprint density at radius 2 is 1.80 bits per heavy atom. The molecule has 0 spiro atoms. The van der Waals surface area contributed by atoms with Crippen molar-refractivity contribution in [2.24, 2.45) is 0 Å². The van der Waals surface area contributed by atoms with Crippen LogP contribution in [0.5, 0.6) is 0 Å². The van der Waals surface area contributed by atoms with Crippen molar-refractivity contribution in [3.05, 3.63) is 65.0 Å². The standard InChI is InChI=1S/C20H23FN2O2/c1-14-8-9-18(12-15(14)2)23(16(3)24)11-10-20(25)22-13-17-6-4-5-7-19(17)21/h4-9,12H,10-11,13H2,1-3H3,(H,22,25). The summed E-state index contributed by atoms with van der Waals surface area (Å²) in [5.41, 5.74) is 3.45. The second-order valence-electron chi connectivity index (χ2n) is 6.06. The normalized spacial score (nSPS) is 10.4. The number of benzene rings is 2. The van der Waals surface area contributed by atoms with Gasteiger partial charge in [-0.25, -0.2) is 4.39 Å². The summed E-state index contributed by atoms with van der Waals surface area (Å²) in [6.45, 7) is 5.88. The third kappa shape index (κ3) is 5.14. The third-order valence-corrected chi connectivity index (χ3v) is 4.18. The molecule has 0 unspecified atom stereocenters. The van der Waals surface area contributed by atoms with Gasteiger partial charge in [-0.1, -0.05) is 24.3 Å². The summed E-state index contributed by atoms with van der Waals surface area (Å²) in [6, 6.07) is 12.1. The van der Waals surface area contributed by atoms with E-state index in [4.69, 9.17) is 0 Å². The highest BCUT2D eigenvalue weighted by atomic mass is 19.1. The summed E-state index contributed by atoms with van der Waals surface area (Å²) in [5, 5.41) is 2.69. The van der Waals surface area contributed by atoms with Gasteiger partial charge in [0.25, 0.3) is 0 Å². The van der Waals surface area contributed by atoms with Crippen LogP contribution in [0.15, 0.2) is 42.5 Å². The Kier molecular flexibility index (Phi) is 6.28. The molecule has 0 atom stereocenters. The van der Waals surface area contributed by atoms with Crippen molar-refractivity contribution in [1.82, 2.24) is 5.32 Å². The lowest BCUT2D eigenvalue weighted by atomic mass is 10.1. The number of nitrogens with zero attached hydrogens (tertiary/aromatic N) is 1. The van der Waals surface area contributed by atoms with E-state index in [1.807, 2.05) is 32.0 Å². The van der Waals surface area contributed by atoms with Crippen LogP contribution in [0.3, 0.4) is 0 Å². The van der Waals surface area contributed by atoms with E-state index in [0.29, 0.717) is 5.56 Å². The molecule has 4 nitrogen and oxygen atoms in total. The first-order chi connectivity index (χ1) is 11.9. The van der Waals surface area contributed by atoms with Crippen LogP contribution in [0.2, 0.25) is 0 Å². The van der Waals surface area contributed by atoms with Crippen LogP contribution in [-0.4, -0.2) is 18.4 Å². The van der Waals surface area contributed by atoms with E-state index >= 15 is 0 Å². The Morgan fingerprint density at radius 3 is 2.44 bits per heavy atom. The van der Waals surface area contributed by atoms with E-state index < -0.39 is 0 Å². The Labute approximate surface area is 147 Å². The number of halogens is 1. The lowest BCUT2D eigenvalue weighted by molar-refractivity contribution is -0.121. The second-order valence-corrected chi connectivity index (χ2v) is 6.06. The molecule has 0 aliphatic heterocycles. The number of hydrogen-bond donors (Lipinski definition) is 1. The van der Waals surface area contributed by atoms with E-state index in [9.17, 15) is 14.0 Å². The van der Waals surface area contributed by atoms with Crippen LogP contribution in [0, 0.1) is 19.7 Å². The number of rotatable bonds is 6. The molecule has 0 heterocycles. The van der Waals surface area contributed by atoms with Crippen molar-refractivity contribution < 1.29 is 14.0 Å². The molecule has 0 aliphatic carbocycles. The van der Waals surface area contributed by atoms with Crippen molar-refractivity contribution in [2.75, 3.05) is 11.4 Å². The van der Waals surface area contributed by atoms with Crippen LogP contribution in [0.4, 0.5) is 10.1 Å². The van der Waals surface area contributed by atoms with Crippen LogP contribution in [-0.2, 0) is 16.1 Å². The van der Waals surface area contributed by atoms with E-state index in [1.165, 1.54) is 13.0 Å². The Bertz CT molecular complexity index is 774. The molecule has 0 bridgehead atoms. The molecule has 25 heavy (non-hydrogen) atoms. The van der Waals surface area contributed by atoms with Gasteiger partial charge in [-0.2, -0.15) is 0 Å². The predicted molar refractivity (Wildman–Crippen MR) is 96.8 cm³/mol. The van der Waals surface area contributed by atoms with Crippen LogP contribution in [0.1, 0.15) is 30.0 Å². The largest absolute Gasteiger partial charge is 0.352 e. The van der Waals surface area contributed by atoms with Gasteiger partial charge in [0.15, 0.2) is 0 Å². The smallest absolute Gasteiger partial charge is 0.223 e. The molecule has 0 saturated heterocycles. The van der Waals surface area contributed by atoms with Crippen LogP contribution >= 0.6 is 0 Å². The average molecular weight is 342 g/mol. The number of anilines is 1. The molecule has 2 amide bonds. The lowest BCUT2D eigenvalue weighted by Crippen LogP contribution is -2.33. The van der Waals surface area contributed by atoms with Crippen LogP contribution < -0.4 is 10.2 Å². The molecule has 2 aromatic rings. The maximum Gasteiger partial charge on any atom is 0.223 e. The third-order valence-electron chi connectivity index (χ3n) is 4.18. The Hall–Kier alpha value is -2.69. The second kappa shape index (κ2) is 8.42. The van der Waals surface area contributed by atoms with E-state index in [0.717, 1.165) is 16.8 Å². The fourth-order valence-corrected chi connectivity index (χ4v) is 2.50. The van der Waals surface area contributed by atoms with E-state index in [1.54, 1.807) is 23.1 Å². The minimum Gasteiger partial charge on any atom is -0.352 e. The van der Waals surface area contributed by atoms with Crippen molar-refractivity contribution in [1.29, 1.82) is 0 Å². The quantitative estimate of drug-likeness (QED) is 0.873. The molecule has 2 rings (SSSR count). The highest BCUT2D eigenvalue weighted by Gasteiger charge is 2.14. The molecule has 2 aromatic carbocycles. The van der Waals surface area contributed by atoms with Crippen LogP contribution in [0.25, 0.3) is 0 Å². The average Bonchev–Trinajstić information content (AvgIpc) is 2.57. The van der Waals surface area contributed by atoms with Gasteiger partial charge in [0, 0.05) is 37.7 Å². The maximum atomic E-state index is 13.5. The van der Waals surface area contributed by atoms with Crippen molar-refractivity contribution in [3.8, 4) is 0 Å².